The Morgan fingerprint density at radius 3 is 2.20 bits per heavy atom. The van der Waals surface area contributed by atoms with Crippen molar-refractivity contribution in [1.82, 2.24) is 0 Å². The Morgan fingerprint density at radius 2 is 1.80 bits per heavy atom. The second-order valence-electron chi connectivity index (χ2n) is 5.04. The highest BCUT2D eigenvalue weighted by Gasteiger charge is 2.20. The first kappa shape index (κ1) is 14.7. The van der Waals surface area contributed by atoms with Crippen LogP contribution in [0.25, 0.3) is 0 Å². The van der Waals surface area contributed by atoms with Gasteiger partial charge in [-0.1, -0.05) is 12.2 Å². The standard InChI is InChI=1S/C13H26O2/c1-10(2)12(5)14-9-8-13(6,7)15-11(3)4/h11-12H,1,8-9H2,2-7H3. The summed E-state index contributed by atoms with van der Waals surface area (Å²) in [5, 5.41) is 0. The van der Waals surface area contributed by atoms with Crippen molar-refractivity contribution >= 4 is 0 Å². The number of ether oxygens (including phenoxy) is 2. The first-order valence-corrected chi connectivity index (χ1v) is 5.69. The molecule has 0 spiro atoms. The van der Waals surface area contributed by atoms with Gasteiger partial charge in [0.15, 0.2) is 0 Å². The van der Waals surface area contributed by atoms with Crippen LogP contribution in [0.2, 0.25) is 0 Å². The minimum absolute atomic E-state index is 0.108. The summed E-state index contributed by atoms with van der Waals surface area (Å²) in [6.45, 7) is 16.9. The monoisotopic (exact) mass is 214 g/mol. The van der Waals surface area contributed by atoms with Crippen LogP contribution in [0.15, 0.2) is 12.2 Å². The molecule has 0 rings (SSSR count). The molecule has 0 aliphatic carbocycles. The smallest absolute Gasteiger partial charge is 0.0751 e. The van der Waals surface area contributed by atoms with Crippen LogP contribution < -0.4 is 0 Å². The van der Waals surface area contributed by atoms with Gasteiger partial charge < -0.3 is 9.47 Å². The molecular formula is C13H26O2. The Bertz CT molecular complexity index is 195. The Morgan fingerprint density at radius 1 is 1.27 bits per heavy atom. The summed E-state index contributed by atoms with van der Waals surface area (Å²) in [6.07, 6.45) is 1.31. The lowest BCUT2D eigenvalue weighted by Crippen LogP contribution is -2.30. The van der Waals surface area contributed by atoms with Crippen LogP contribution in [0.4, 0.5) is 0 Å². The van der Waals surface area contributed by atoms with Crippen molar-refractivity contribution in [2.45, 2.75) is 65.8 Å². The van der Waals surface area contributed by atoms with Crippen LogP contribution in [0.3, 0.4) is 0 Å². The first-order valence-electron chi connectivity index (χ1n) is 5.69. The molecule has 0 aromatic heterocycles. The SMILES string of the molecule is C=C(C)C(C)OCCC(C)(C)OC(C)C. The van der Waals surface area contributed by atoms with Gasteiger partial charge in [-0.2, -0.15) is 0 Å². The molecule has 0 N–H and O–H groups in total. The molecule has 0 amide bonds. The number of hydrogen-bond donors (Lipinski definition) is 0. The van der Waals surface area contributed by atoms with Crippen molar-refractivity contribution in [3.05, 3.63) is 12.2 Å². The topological polar surface area (TPSA) is 18.5 Å². The van der Waals surface area contributed by atoms with Crippen LogP contribution >= 0.6 is 0 Å². The Hall–Kier alpha value is -0.340. The highest BCUT2D eigenvalue weighted by molar-refractivity contribution is 4.95. The Balaban J connectivity index is 3.79. The molecule has 0 radical (unpaired) electrons. The van der Waals surface area contributed by atoms with Gasteiger partial charge in [0.1, 0.15) is 0 Å². The van der Waals surface area contributed by atoms with Gasteiger partial charge in [-0.25, -0.2) is 0 Å². The second kappa shape index (κ2) is 6.29. The van der Waals surface area contributed by atoms with Gasteiger partial charge in [-0.3, -0.25) is 0 Å². The highest BCUT2D eigenvalue weighted by atomic mass is 16.5. The molecular weight excluding hydrogens is 188 g/mol. The molecule has 0 aliphatic heterocycles. The van der Waals surface area contributed by atoms with Crippen molar-refractivity contribution < 1.29 is 9.47 Å². The van der Waals surface area contributed by atoms with Crippen LogP contribution in [0.1, 0.15) is 48.0 Å². The van der Waals surface area contributed by atoms with Crippen molar-refractivity contribution in [3.63, 3.8) is 0 Å². The molecule has 2 heteroatoms. The van der Waals surface area contributed by atoms with Crippen molar-refractivity contribution in [3.8, 4) is 0 Å². The molecule has 2 nitrogen and oxygen atoms in total. The maximum absolute atomic E-state index is 5.78. The second-order valence-corrected chi connectivity index (χ2v) is 5.04. The van der Waals surface area contributed by atoms with Crippen molar-refractivity contribution in [2.75, 3.05) is 6.61 Å². The fourth-order valence-corrected chi connectivity index (χ4v) is 1.32. The maximum atomic E-state index is 5.78. The van der Waals surface area contributed by atoms with E-state index in [1.807, 2.05) is 13.8 Å². The van der Waals surface area contributed by atoms with E-state index in [4.69, 9.17) is 9.47 Å². The normalized spacial score (nSPS) is 14.3. The summed E-state index contributed by atoms with van der Waals surface area (Å²) >= 11 is 0. The maximum Gasteiger partial charge on any atom is 0.0751 e. The zero-order valence-corrected chi connectivity index (χ0v) is 11.1. The van der Waals surface area contributed by atoms with E-state index in [2.05, 4.69) is 34.3 Å². The third-order valence-electron chi connectivity index (χ3n) is 2.32. The van der Waals surface area contributed by atoms with Crippen LogP contribution in [0.5, 0.6) is 0 Å². The summed E-state index contributed by atoms with van der Waals surface area (Å²) in [7, 11) is 0. The van der Waals surface area contributed by atoms with E-state index in [0.717, 1.165) is 12.0 Å². The van der Waals surface area contributed by atoms with Gasteiger partial charge >= 0.3 is 0 Å². The van der Waals surface area contributed by atoms with E-state index in [0.29, 0.717) is 6.61 Å². The van der Waals surface area contributed by atoms with E-state index in [-0.39, 0.29) is 17.8 Å². The fraction of sp³-hybridized carbons (Fsp3) is 0.846. The third kappa shape index (κ3) is 7.57. The lowest BCUT2D eigenvalue weighted by atomic mass is 10.1. The van der Waals surface area contributed by atoms with E-state index in [9.17, 15) is 0 Å². The van der Waals surface area contributed by atoms with Gasteiger partial charge in [0.2, 0.25) is 0 Å². The first-order chi connectivity index (χ1) is 6.74. The summed E-state index contributed by atoms with van der Waals surface area (Å²) in [6, 6.07) is 0. The van der Waals surface area contributed by atoms with Crippen molar-refractivity contribution in [2.24, 2.45) is 0 Å². The number of hydrogen-bond acceptors (Lipinski definition) is 2. The van der Waals surface area contributed by atoms with E-state index < -0.39 is 0 Å². The summed E-state index contributed by atoms with van der Waals surface area (Å²) in [5.41, 5.74) is 0.959. The average Bonchev–Trinajstić information content (AvgIpc) is 2.00. The largest absolute Gasteiger partial charge is 0.374 e. The minimum Gasteiger partial charge on any atom is -0.374 e. The number of rotatable bonds is 7. The zero-order chi connectivity index (χ0) is 12.1. The molecule has 0 heterocycles. The van der Waals surface area contributed by atoms with Gasteiger partial charge in [0, 0.05) is 0 Å². The molecule has 0 aromatic rings. The summed E-state index contributed by atoms with van der Waals surface area (Å²) in [5.74, 6) is 0. The van der Waals surface area contributed by atoms with Gasteiger partial charge in [0.25, 0.3) is 0 Å². The fourth-order valence-electron chi connectivity index (χ4n) is 1.32. The average molecular weight is 214 g/mol. The molecule has 0 bridgehead atoms. The minimum atomic E-state index is -0.108. The molecule has 15 heavy (non-hydrogen) atoms. The predicted molar refractivity (Wildman–Crippen MR) is 65.1 cm³/mol. The van der Waals surface area contributed by atoms with Crippen molar-refractivity contribution in [1.29, 1.82) is 0 Å². The van der Waals surface area contributed by atoms with Crippen LogP contribution in [0, 0.1) is 0 Å². The molecule has 1 unspecified atom stereocenters. The zero-order valence-electron chi connectivity index (χ0n) is 11.1. The van der Waals surface area contributed by atoms with E-state index in [1.54, 1.807) is 0 Å². The van der Waals surface area contributed by atoms with E-state index >= 15 is 0 Å². The lowest BCUT2D eigenvalue weighted by molar-refractivity contribution is -0.0755. The third-order valence-corrected chi connectivity index (χ3v) is 2.32. The molecule has 0 aromatic carbocycles. The molecule has 0 saturated heterocycles. The molecule has 0 saturated carbocycles. The van der Waals surface area contributed by atoms with E-state index in [1.165, 1.54) is 0 Å². The Kier molecular flexibility index (Phi) is 6.15. The lowest BCUT2D eigenvalue weighted by Gasteiger charge is -2.28. The molecule has 0 aliphatic rings. The molecule has 1 atom stereocenters. The Labute approximate surface area is 94.7 Å². The van der Waals surface area contributed by atoms with Gasteiger partial charge in [-0.15, -0.1) is 0 Å². The predicted octanol–water partition coefficient (Wildman–Crippen LogP) is 3.56. The van der Waals surface area contributed by atoms with Gasteiger partial charge in [0.05, 0.1) is 24.4 Å². The molecule has 90 valence electrons. The quantitative estimate of drug-likeness (QED) is 0.603. The van der Waals surface area contributed by atoms with Crippen LogP contribution in [-0.4, -0.2) is 24.4 Å². The summed E-state index contributed by atoms with van der Waals surface area (Å²) in [4.78, 5) is 0. The summed E-state index contributed by atoms with van der Waals surface area (Å²) < 4.78 is 11.4. The highest BCUT2D eigenvalue weighted by Crippen LogP contribution is 2.17. The van der Waals surface area contributed by atoms with Gasteiger partial charge in [-0.05, 0) is 48.0 Å². The van der Waals surface area contributed by atoms with Crippen LogP contribution in [-0.2, 0) is 9.47 Å². The molecule has 0 fully saturated rings.